The topological polar surface area (TPSA) is 29.5 Å². The van der Waals surface area contributed by atoms with Crippen LogP contribution in [0.3, 0.4) is 0 Å². The highest BCUT2D eigenvalue weighted by molar-refractivity contribution is 7.11. The van der Waals surface area contributed by atoms with E-state index in [2.05, 4.69) is 23.6 Å². The first-order chi connectivity index (χ1) is 7.81. The number of hydrogen-bond acceptors (Lipinski definition) is 3. The van der Waals surface area contributed by atoms with Gasteiger partial charge in [0.2, 0.25) is 0 Å². The highest BCUT2D eigenvalue weighted by Crippen LogP contribution is 2.26. The van der Waals surface area contributed by atoms with Crippen LogP contribution >= 0.6 is 11.3 Å². The van der Waals surface area contributed by atoms with Crippen molar-refractivity contribution in [3.05, 3.63) is 28.5 Å². The minimum absolute atomic E-state index is 0.205. The normalized spacial score (nSPS) is 15.8. The fourth-order valence-corrected chi connectivity index (χ4v) is 2.53. The van der Waals surface area contributed by atoms with Gasteiger partial charge in [0.15, 0.2) is 0 Å². The molecule has 0 atom stereocenters. The molecule has 1 aliphatic rings. The average Bonchev–Trinajstić information content (AvgIpc) is 2.83. The first-order valence-electron chi connectivity index (χ1n) is 5.46. The summed E-state index contributed by atoms with van der Waals surface area (Å²) in [6.07, 6.45) is 2.83. The molecule has 0 fully saturated rings. The predicted molar refractivity (Wildman–Crippen MR) is 65.5 cm³/mol. The SMILES string of the molecule is CCOC(=O)N1CC=C(c2cccs2)CC1. The van der Waals surface area contributed by atoms with Crippen LogP contribution in [0.1, 0.15) is 18.2 Å². The van der Waals surface area contributed by atoms with Crippen molar-refractivity contribution in [3.63, 3.8) is 0 Å². The number of nitrogens with zero attached hydrogens (tertiary/aromatic N) is 1. The highest BCUT2D eigenvalue weighted by atomic mass is 32.1. The van der Waals surface area contributed by atoms with Crippen LogP contribution in [-0.4, -0.2) is 30.7 Å². The van der Waals surface area contributed by atoms with Crippen LogP contribution in [0, 0.1) is 0 Å². The average molecular weight is 237 g/mol. The van der Waals surface area contributed by atoms with Gasteiger partial charge in [-0.25, -0.2) is 4.79 Å². The summed E-state index contributed by atoms with van der Waals surface area (Å²) in [5.41, 5.74) is 1.34. The minimum Gasteiger partial charge on any atom is -0.450 e. The van der Waals surface area contributed by atoms with Gasteiger partial charge in [0.1, 0.15) is 0 Å². The van der Waals surface area contributed by atoms with Crippen molar-refractivity contribution in [1.29, 1.82) is 0 Å². The van der Waals surface area contributed by atoms with Crippen LogP contribution in [-0.2, 0) is 4.74 Å². The Kier molecular flexibility index (Phi) is 3.62. The van der Waals surface area contributed by atoms with E-state index in [1.165, 1.54) is 10.5 Å². The smallest absolute Gasteiger partial charge is 0.410 e. The molecule has 3 nitrogen and oxygen atoms in total. The van der Waals surface area contributed by atoms with E-state index in [-0.39, 0.29) is 6.09 Å². The number of ether oxygens (including phenoxy) is 1. The number of carbonyl (C=O) groups is 1. The number of rotatable bonds is 2. The Morgan fingerprint density at radius 3 is 3.06 bits per heavy atom. The summed E-state index contributed by atoms with van der Waals surface area (Å²) in [7, 11) is 0. The Labute approximate surface area is 99.3 Å². The Morgan fingerprint density at radius 2 is 2.50 bits per heavy atom. The van der Waals surface area contributed by atoms with Gasteiger partial charge in [0, 0.05) is 18.0 Å². The Hall–Kier alpha value is -1.29. The lowest BCUT2D eigenvalue weighted by Crippen LogP contribution is -2.35. The molecule has 0 spiro atoms. The third-order valence-corrected chi connectivity index (χ3v) is 3.52. The molecule has 1 aromatic rings. The summed E-state index contributed by atoms with van der Waals surface area (Å²) in [5, 5.41) is 2.08. The van der Waals surface area contributed by atoms with Crippen LogP contribution < -0.4 is 0 Å². The first-order valence-corrected chi connectivity index (χ1v) is 6.34. The quantitative estimate of drug-likeness (QED) is 0.791. The Balaban J connectivity index is 1.97. The van der Waals surface area contributed by atoms with Gasteiger partial charge in [-0.05, 0) is 30.4 Å². The van der Waals surface area contributed by atoms with E-state index < -0.39 is 0 Å². The van der Waals surface area contributed by atoms with Gasteiger partial charge in [0.05, 0.1) is 6.61 Å². The van der Waals surface area contributed by atoms with Crippen molar-refractivity contribution in [1.82, 2.24) is 4.90 Å². The molecule has 86 valence electrons. The zero-order valence-electron chi connectivity index (χ0n) is 9.31. The van der Waals surface area contributed by atoms with E-state index in [4.69, 9.17) is 4.74 Å². The summed E-state index contributed by atoms with van der Waals surface area (Å²) < 4.78 is 4.97. The fourth-order valence-electron chi connectivity index (χ4n) is 1.73. The van der Waals surface area contributed by atoms with Gasteiger partial charge in [-0.1, -0.05) is 12.1 Å². The van der Waals surface area contributed by atoms with Crippen molar-refractivity contribution < 1.29 is 9.53 Å². The van der Waals surface area contributed by atoms with Gasteiger partial charge >= 0.3 is 6.09 Å². The third kappa shape index (κ3) is 2.44. The molecule has 0 saturated carbocycles. The Bertz CT molecular complexity index is 384. The maximum Gasteiger partial charge on any atom is 0.410 e. The largest absolute Gasteiger partial charge is 0.450 e. The van der Waals surface area contributed by atoms with Crippen LogP contribution in [0.15, 0.2) is 23.6 Å². The van der Waals surface area contributed by atoms with Gasteiger partial charge < -0.3 is 9.64 Å². The molecule has 0 radical (unpaired) electrons. The number of hydrogen-bond donors (Lipinski definition) is 0. The number of carbonyl (C=O) groups excluding carboxylic acids is 1. The van der Waals surface area contributed by atoms with Crippen LogP contribution in [0.2, 0.25) is 0 Å². The van der Waals surface area contributed by atoms with E-state index >= 15 is 0 Å². The molecule has 2 heterocycles. The summed E-state index contributed by atoms with van der Waals surface area (Å²) >= 11 is 1.75. The van der Waals surface area contributed by atoms with Crippen LogP contribution in [0.25, 0.3) is 5.57 Å². The molecular formula is C12H15NO2S. The molecule has 0 saturated heterocycles. The second-order valence-electron chi connectivity index (χ2n) is 3.60. The summed E-state index contributed by atoms with van der Waals surface area (Å²) in [6.45, 7) is 3.68. The van der Waals surface area contributed by atoms with E-state index in [1.807, 2.05) is 6.92 Å². The second-order valence-corrected chi connectivity index (χ2v) is 4.55. The fraction of sp³-hybridized carbons (Fsp3) is 0.417. The van der Waals surface area contributed by atoms with Crippen molar-refractivity contribution in [2.75, 3.05) is 19.7 Å². The maximum absolute atomic E-state index is 11.5. The molecule has 16 heavy (non-hydrogen) atoms. The van der Waals surface area contributed by atoms with E-state index in [0.717, 1.165) is 13.0 Å². The molecule has 4 heteroatoms. The van der Waals surface area contributed by atoms with Gasteiger partial charge in [0.25, 0.3) is 0 Å². The van der Waals surface area contributed by atoms with Crippen molar-refractivity contribution in [2.24, 2.45) is 0 Å². The zero-order chi connectivity index (χ0) is 11.4. The lowest BCUT2D eigenvalue weighted by atomic mass is 10.1. The molecule has 1 aliphatic heterocycles. The number of thiophene rings is 1. The van der Waals surface area contributed by atoms with Crippen molar-refractivity contribution >= 4 is 23.0 Å². The van der Waals surface area contributed by atoms with E-state index in [1.54, 1.807) is 16.2 Å². The van der Waals surface area contributed by atoms with E-state index in [9.17, 15) is 4.79 Å². The summed E-state index contributed by atoms with van der Waals surface area (Å²) in [4.78, 5) is 14.5. The monoisotopic (exact) mass is 237 g/mol. The summed E-state index contributed by atoms with van der Waals surface area (Å²) in [5.74, 6) is 0. The van der Waals surface area contributed by atoms with Crippen LogP contribution in [0.5, 0.6) is 0 Å². The molecule has 0 aliphatic carbocycles. The molecule has 1 amide bonds. The predicted octanol–water partition coefficient (Wildman–Crippen LogP) is 2.99. The van der Waals surface area contributed by atoms with Crippen molar-refractivity contribution in [2.45, 2.75) is 13.3 Å². The maximum atomic E-state index is 11.5. The highest BCUT2D eigenvalue weighted by Gasteiger charge is 2.18. The number of amides is 1. The lowest BCUT2D eigenvalue weighted by Gasteiger charge is -2.25. The molecule has 0 bridgehead atoms. The van der Waals surface area contributed by atoms with E-state index in [0.29, 0.717) is 13.2 Å². The molecule has 0 unspecified atom stereocenters. The molecule has 0 aromatic carbocycles. The van der Waals surface area contributed by atoms with Gasteiger partial charge in [-0.2, -0.15) is 0 Å². The van der Waals surface area contributed by atoms with Gasteiger partial charge in [-0.15, -0.1) is 11.3 Å². The molecule has 2 rings (SSSR count). The zero-order valence-corrected chi connectivity index (χ0v) is 10.1. The minimum atomic E-state index is -0.205. The molecule has 0 N–H and O–H groups in total. The first kappa shape index (κ1) is 11.2. The lowest BCUT2D eigenvalue weighted by molar-refractivity contribution is 0.111. The van der Waals surface area contributed by atoms with Crippen molar-refractivity contribution in [3.8, 4) is 0 Å². The third-order valence-electron chi connectivity index (χ3n) is 2.57. The van der Waals surface area contributed by atoms with Crippen LogP contribution in [0.4, 0.5) is 4.79 Å². The standard InChI is InChI=1S/C12H15NO2S/c1-2-15-12(14)13-7-5-10(6-8-13)11-4-3-9-16-11/h3-5,9H,2,6-8H2,1H3. The second kappa shape index (κ2) is 5.16. The summed E-state index contributed by atoms with van der Waals surface area (Å²) in [6, 6.07) is 4.18. The van der Waals surface area contributed by atoms with Gasteiger partial charge in [-0.3, -0.25) is 0 Å². The molecule has 1 aromatic heterocycles. The Morgan fingerprint density at radius 1 is 1.62 bits per heavy atom. The molecular weight excluding hydrogens is 222 g/mol.